The molecule has 0 fully saturated rings. The summed E-state index contributed by atoms with van der Waals surface area (Å²) in [6.07, 6.45) is 0.139. The van der Waals surface area contributed by atoms with E-state index < -0.39 is 0 Å². The molecule has 2 N–H and O–H groups in total. The minimum Gasteiger partial charge on any atom is -0.354 e. The van der Waals surface area contributed by atoms with E-state index in [-0.39, 0.29) is 42.1 Å². The van der Waals surface area contributed by atoms with Crippen molar-refractivity contribution in [2.75, 3.05) is 11.1 Å². The van der Waals surface area contributed by atoms with Gasteiger partial charge in [0.25, 0.3) is 5.56 Å². The third kappa shape index (κ3) is 5.12. The third-order valence-corrected chi connectivity index (χ3v) is 6.05. The van der Waals surface area contributed by atoms with Crippen LogP contribution >= 0.6 is 11.8 Å². The highest BCUT2D eigenvalue weighted by atomic mass is 32.2. The van der Waals surface area contributed by atoms with Gasteiger partial charge in [0, 0.05) is 24.7 Å². The number of fused-ring (bicyclic) bond motifs is 3. The average Bonchev–Trinajstić information content (AvgIpc) is 3.21. The molecule has 4 aromatic rings. The zero-order valence-electron chi connectivity index (χ0n) is 19.2. The van der Waals surface area contributed by atoms with Crippen molar-refractivity contribution >= 4 is 45.9 Å². The lowest BCUT2D eigenvalue weighted by Crippen LogP contribution is -2.32. The van der Waals surface area contributed by atoms with Crippen LogP contribution in [0.2, 0.25) is 0 Å². The number of benzene rings is 2. The van der Waals surface area contributed by atoms with Gasteiger partial charge in [-0.3, -0.25) is 23.4 Å². The fourth-order valence-corrected chi connectivity index (χ4v) is 4.43. The van der Waals surface area contributed by atoms with Gasteiger partial charge in [-0.2, -0.15) is 0 Å². The van der Waals surface area contributed by atoms with Crippen molar-refractivity contribution in [3.8, 4) is 0 Å². The van der Waals surface area contributed by atoms with Crippen molar-refractivity contribution in [3.63, 3.8) is 0 Å². The lowest BCUT2D eigenvalue weighted by atomic mass is 10.2. The summed E-state index contributed by atoms with van der Waals surface area (Å²) < 4.78 is 3.23. The molecule has 0 saturated heterocycles. The van der Waals surface area contributed by atoms with Crippen LogP contribution in [0.5, 0.6) is 0 Å². The first kappa shape index (κ1) is 23.5. The lowest BCUT2D eigenvalue weighted by molar-refractivity contribution is -0.121. The van der Waals surface area contributed by atoms with Crippen molar-refractivity contribution in [1.29, 1.82) is 0 Å². The number of thioether (sulfide) groups is 1. The Morgan fingerprint density at radius 1 is 1.06 bits per heavy atom. The number of amides is 2. The van der Waals surface area contributed by atoms with Crippen LogP contribution in [0.4, 0.5) is 5.69 Å². The van der Waals surface area contributed by atoms with Gasteiger partial charge >= 0.3 is 0 Å². The maximum atomic E-state index is 13.2. The third-order valence-electron chi connectivity index (χ3n) is 5.12. The predicted octanol–water partition coefficient (Wildman–Crippen LogP) is 3.00. The Morgan fingerprint density at radius 2 is 1.85 bits per heavy atom. The van der Waals surface area contributed by atoms with Crippen molar-refractivity contribution < 1.29 is 9.59 Å². The molecular formula is C24H26N6O3S. The Balaban J connectivity index is 1.62. The molecule has 2 heterocycles. The number of para-hydroxylation sites is 1. The van der Waals surface area contributed by atoms with Crippen molar-refractivity contribution in [2.24, 2.45) is 0 Å². The molecule has 0 bridgehead atoms. The summed E-state index contributed by atoms with van der Waals surface area (Å²) in [7, 11) is 0. The highest BCUT2D eigenvalue weighted by Gasteiger charge is 2.18. The molecule has 9 nitrogen and oxygen atoms in total. The molecule has 176 valence electrons. The minimum absolute atomic E-state index is 0.0166. The number of carbonyl (C=O) groups excluding carboxylic acids is 2. The summed E-state index contributed by atoms with van der Waals surface area (Å²) in [5.41, 5.74) is 2.20. The summed E-state index contributed by atoms with van der Waals surface area (Å²) in [5.74, 6) is 0.145. The van der Waals surface area contributed by atoms with Crippen LogP contribution in [0.1, 0.15) is 25.8 Å². The van der Waals surface area contributed by atoms with Crippen molar-refractivity contribution in [3.05, 3.63) is 64.4 Å². The van der Waals surface area contributed by atoms with E-state index in [0.29, 0.717) is 21.8 Å². The molecule has 0 aliphatic carbocycles. The Kier molecular flexibility index (Phi) is 6.97. The van der Waals surface area contributed by atoms with E-state index in [9.17, 15) is 14.4 Å². The second-order valence-electron chi connectivity index (χ2n) is 8.27. The molecule has 0 aliphatic rings. The summed E-state index contributed by atoms with van der Waals surface area (Å²) >= 11 is 1.23. The van der Waals surface area contributed by atoms with Crippen LogP contribution in [0, 0.1) is 6.92 Å². The molecule has 0 saturated carbocycles. The Morgan fingerprint density at radius 3 is 2.62 bits per heavy atom. The Hall–Kier alpha value is -3.66. The second-order valence-corrected chi connectivity index (χ2v) is 9.21. The topological polar surface area (TPSA) is 110 Å². The number of nitrogens with one attached hydrogen (secondary N) is 2. The fraction of sp³-hybridized carbons (Fsp3) is 0.292. The fourth-order valence-electron chi connectivity index (χ4n) is 3.69. The zero-order chi connectivity index (χ0) is 24.2. The van der Waals surface area contributed by atoms with E-state index in [2.05, 4.69) is 20.8 Å². The number of rotatable bonds is 8. The normalized spacial score (nSPS) is 11.3. The maximum Gasteiger partial charge on any atom is 0.262 e. The molecule has 34 heavy (non-hydrogen) atoms. The van der Waals surface area contributed by atoms with Gasteiger partial charge in [-0.1, -0.05) is 36.0 Å². The first-order chi connectivity index (χ1) is 16.3. The molecule has 0 unspecified atom stereocenters. The molecule has 0 spiro atoms. The summed E-state index contributed by atoms with van der Waals surface area (Å²) in [6.45, 7) is 5.90. The van der Waals surface area contributed by atoms with E-state index in [0.717, 1.165) is 11.3 Å². The molecule has 2 aromatic carbocycles. The maximum absolute atomic E-state index is 13.2. The van der Waals surface area contributed by atoms with E-state index in [1.165, 1.54) is 16.3 Å². The molecule has 2 amide bonds. The van der Waals surface area contributed by atoms with Gasteiger partial charge in [-0.15, -0.1) is 10.2 Å². The van der Waals surface area contributed by atoms with Gasteiger partial charge in [0.15, 0.2) is 5.16 Å². The van der Waals surface area contributed by atoms with Gasteiger partial charge in [-0.25, -0.2) is 0 Å². The van der Waals surface area contributed by atoms with Gasteiger partial charge < -0.3 is 10.6 Å². The van der Waals surface area contributed by atoms with Crippen LogP contribution in [0.3, 0.4) is 0 Å². The highest BCUT2D eigenvalue weighted by Crippen LogP contribution is 2.22. The lowest BCUT2D eigenvalue weighted by Gasteiger charge is -2.12. The van der Waals surface area contributed by atoms with Gasteiger partial charge in [0.05, 0.1) is 16.7 Å². The summed E-state index contributed by atoms with van der Waals surface area (Å²) in [5, 5.41) is 15.2. The molecule has 0 radical (unpaired) electrons. The zero-order valence-corrected chi connectivity index (χ0v) is 20.1. The number of aromatic nitrogens is 4. The van der Waals surface area contributed by atoms with Crippen LogP contribution in [-0.2, 0) is 16.1 Å². The second kappa shape index (κ2) is 10.1. The van der Waals surface area contributed by atoms with Crippen LogP contribution in [-0.4, -0.2) is 42.8 Å². The first-order valence-corrected chi connectivity index (χ1v) is 12.0. The standard InChI is InChI=1S/C24H26N6O3S/c1-15(2)25-20(31)11-12-29-22(33)18-9-4-5-10-19(18)30-23(29)27-28-24(30)34-14-21(32)26-17-8-6-7-16(3)13-17/h4-10,13,15H,11-12,14H2,1-3H3,(H,25,31)(H,26,32). The SMILES string of the molecule is Cc1cccc(NC(=O)CSc2nnc3n(CCC(=O)NC(C)C)c(=O)c4ccccc4n23)c1. The first-order valence-electron chi connectivity index (χ1n) is 11.0. The van der Waals surface area contributed by atoms with E-state index in [4.69, 9.17) is 0 Å². The number of anilines is 1. The largest absolute Gasteiger partial charge is 0.354 e. The Labute approximate surface area is 200 Å². The average molecular weight is 479 g/mol. The van der Waals surface area contributed by atoms with E-state index >= 15 is 0 Å². The smallest absolute Gasteiger partial charge is 0.262 e. The summed E-state index contributed by atoms with van der Waals surface area (Å²) in [4.78, 5) is 37.9. The van der Waals surface area contributed by atoms with E-state index in [1.54, 1.807) is 16.5 Å². The van der Waals surface area contributed by atoms with Crippen molar-refractivity contribution in [2.45, 2.75) is 44.9 Å². The minimum atomic E-state index is -0.235. The van der Waals surface area contributed by atoms with Crippen LogP contribution in [0.25, 0.3) is 16.7 Å². The number of carbonyl (C=O) groups is 2. The molecule has 4 rings (SSSR count). The van der Waals surface area contributed by atoms with Gasteiger partial charge in [-0.05, 0) is 50.6 Å². The monoisotopic (exact) mass is 478 g/mol. The molecule has 10 heteroatoms. The van der Waals surface area contributed by atoms with Crippen molar-refractivity contribution in [1.82, 2.24) is 24.5 Å². The number of hydrogen-bond donors (Lipinski definition) is 2. The number of hydrogen-bond acceptors (Lipinski definition) is 6. The quantitative estimate of drug-likeness (QED) is 0.377. The highest BCUT2D eigenvalue weighted by molar-refractivity contribution is 7.99. The number of aryl methyl sites for hydroxylation is 2. The Bertz CT molecular complexity index is 1430. The van der Waals surface area contributed by atoms with Crippen LogP contribution < -0.4 is 16.2 Å². The van der Waals surface area contributed by atoms with Gasteiger partial charge in [0.2, 0.25) is 17.6 Å². The molecule has 0 aliphatic heterocycles. The van der Waals surface area contributed by atoms with Gasteiger partial charge in [0.1, 0.15) is 0 Å². The summed E-state index contributed by atoms with van der Waals surface area (Å²) in [6, 6.07) is 14.8. The number of nitrogens with zero attached hydrogens (tertiary/aromatic N) is 4. The van der Waals surface area contributed by atoms with E-state index in [1.807, 2.05) is 57.2 Å². The van der Waals surface area contributed by atoms with Crippen LogP contribution in [0.15, 0.2) is 58.5 Å². The molecule has 2 aromatic heterocycles. The predicted molar refractivity (Wildman–Crippen MR) is 133 cm³/mol. The molecular weight excluding hydrogens is 452 g/mol. The molecule has 0 atom stereocenters.